The Balaban J connectivity index is 1.60. The van der Waals surface area contributed by atoms with E-state index in [2.05, 4.69) is 37.6 Å². The van der Waals surface area contributed by atoms with Crippen LogP contribution >= 0.6 is 0 Å². The van der Waals surface area contributed by atoms with E-state index in [1.54, 1.807) is 11.1 Å². The number of aryl methyl sites for hydroxylation is 1. The second-order valence-corrected chi connectivity index (χ2v) is 6.71. The van der Waals surface area contributed by atoms with E-state index in [-0.39, 0.29) is 18.2 Å². The lowest BCUT2D eigenvalue weighted by atomic mass is 10.0. The lowest BCUT2D eigenvalue weighted by Crippen LogP contribution is -2.49. The first-order chi connectivity index (χ1) is 12.0. The molecule has 0 spiro atoms. The summed E-state index contributed by atoms with van der Waals surface area (Å²) >= 11 is 0. The van der Waals surface area contributed by atoms with Gasteiger partial charge in [0, 0.05) is 18.8 Å². The first kappa shape index (κ1) is 17.1. The number of amides is 2. The van der Waals surface area contributed by atoms with Gasteiger partial charge in [0.2, 0.25) is 5.91 Å². The summed E-state index contributed by atoms with van der Waals surface area (Å²) in [6, 6.07) is 0. The molecule has 2 aromatic heterocycles. The van der Waals surface area contributed by atoms with Crippen molar-refractivity contribution in [1.29, 1.82) is 0 Å². The molecule has 9 nitrogen and oxygen atoms in total. The van der Waals surface area contributed by atoms with Crippen molar-refractivity contribution in [3.8, 4) is 0 Å². The van der Waals surface area contributed by atoms with Crippen molar-refractivity contribution in [3.63, 3.8) is 0 Å². The van der Waals surface area contributed by atoms with E-state index in [1.807, 2.05) is 6.92 Å². The standard InChI is InChI=1S/C16H23N7O2/c1-3-4-12-11(8-18-21-12)15(25)23-6-5-16(2,9-23)20-14(24)7-13-17-10-19-22-13/h8,10H,3-7,9H2,1-2H3,(H,18,21)(H,20,24)(H,17,19,22)/t16-/m1/s1. The molecule has 2 aromatic rings. The Kier molecular flexibility index (Phi) is 4.82. The van der Waals surface area contributed by atoms with Crippen molar-refractivity contribution >= 4 is 11.8 Å². The van der Waals surface area contributed by atoms with Gasteiger partial charge < -0.3 is 10.2 Å². The smallest absolute Gasteiger partial charge is 0.257 e. The number of nitrogens with zero attached hydrogens (tertiary/aromatic N) is 4. The van der Waals surface area contributed by atoms with Gasteiger partial charge in [-0.25, -0.2) is 4.98 Å². The number of hydrogen-bond donors (Lipinski definition) is 3. The number of H-pyrrole nitrogens is 2. The Hall–Kier alpha value is -2.71. The summed E-state index contributed by atoms with van der Waals surface area (Å²) in [5, 5.41) is 16.3. The van der Waals surface area contributed by atoms with Crippen LogP contribution < -0.4 is 5.32 Å². The van der Waals surface area contributed by atoms with Crippen molar-refractivity contribution in [1.82, 2.24) is 35.6 Å². The van der Waals surface area contributed by atoms with Gasteiger partial charge in [-0.15, -0.1) is 0 Å². The van der Waals surface area contributed by atoms with E-state index in [0.717, 1.165) is 18.5 Å². The van der Waals surface area contributed by atoms with Gasteiger partial charge in [0.1, 0.15) is 12.2 Å². The van der Waals surface area contributed by atoms with Crippen LogP contribution in [0.3, 0.4) is 0 Å². The minimum atomic E-state index is -0.443. The minimum absolute atomic E-state index is 0.0367. The summed E-state index contributed by atoms with van der Waals surface area (Å²) in [5.41, 5.74) is 1.05. The van der Waals surface area contributed by atoms with Crippen LogP contribution in [0.15, 0.2) is 12.5 Å². The molecule has 0 unspecified atom stereocenters. The normalized spacial score (nSPS) is 20.0. The maximum Gasteiger partial charge on any atom is 0.257 e. The van der Waals surface area contributed by atoms with Gasteiger partial charge in [0.05, 0.1) is 23.7 Å². The lowest BCUT2D eigenvalue weighted by Gasteiger charge is -2.26. The quantitative estimate of drug-likeness (QED) is 0.702. The molecule has 25 heavy (non-hydrogen) atoms. The fourth-order valence-corrected chi connectivity index (χ4v) is 3.19. The topological polar surface area (TPSA) is 120 Å². The molecular weight excluding hydrogens is 322 g/mol. The third-order valence-corrected chi connectivity index (χ3v) is 4.44. The van der Waals surface area contributed by atoms with Gasteiger partial charge >= 0.3 is 0 Å². The van der Waals surface area contributed by atoms with Crippen LogP contribution in [-0.2, 0) is 17.6 Å². The highest BCUT2D eigenvalue weighted by Crippen LogP contribution is 2.23. The highest BCUT2D eigenvalue weighted by Gasteiger charge is 2.38. The highest BCUT2D eigenvalue weighted by molar-refractivity contribution is 5.95. The Morgan fingerprint density at radius 1 is 1.36 bits per heavy atom. The van der Waals surface area contributed by atoms with E-state index < -0.39 is 5.54 Å². The van der Waals surface area contributed by atoms with Crippen molar-refractivity contribution in [2.24, 2.45) is 0 Å². The van der Waals surface area contributed by atoms with Gasteiger partial charge in [0.15, 0.2) is 0 Å². The molecule has 1 fully saturated rings. The number of aromatic nitrogens is 5. The number of nitrogens with one attached hydrogen (secondary N) is 3. The maximum atomic E-state index is 12.8. The molecule has 3 rings (SSSR count). The second kappa shape index (κ2) is 7.04. The van der Waals surface area contributed by atoms with Crippen LogP contribution in [0.25, 0.3) is 0 Å². The molecule has 0 bridgehead atoms. The van der Waals surface area contributed by atoms with Crippen molar-refractivity contribution < 1.29 is 9.59 Å². The Labute approximate surface area is 145 Å². The number of rotatable bonds is 6. The average molecular weight is 345 g/mol. The zero-order valence-corrected chi connectivity index (χ0v) is 14.5. The van der Waals surface area contributed by atoms with E-state index in [1.165, 1.54) is 6.33 Å². The van der Waals surface area contributed by atoms with Crippen LogP contribution in [0.5, 0.6) is 0 Å². The number of aromatic amines is 2. The van der Waals surface area contributed by atoms with Gasteiger partial charge in [-0.3, -0.25) is 19.8 Å². The highest BCUT2D eigenvalue weighted by atomic mass is 16.2. The van der Waals surface area contributed by atoms with Crippen LogP contribution in [0.1, 0.15) is 48.6 Å². The third kappa shape index (κ3) is 3.86. The fraction of sp³-hybridized carbons (Fsp3) is 0.562. The van der Waals surface area contributed by atoms with Gasteiger partial charge in [-0.1, -0.05) is 13.3 Å². The Bertz CT molecular complexity index is 740. The summed E-state index contributed by atoms with van der Waals surface area (Å²) in [5.74, 6) is 0.351. The first-order valence-electron chi connectivity index (χ1n) is 8.47. The van der Waals surface area contributed by atoms with Crippen LogP contribution in [0.2, 0.25) is 0 Å². The molecule has 1 aliphatic rings. The summed E-state index contributed by atoms with van der Waals surface area (Å²) in [4.78, 5) is 30.7. The van der Waals surface area contributed by atoms with E-state index in [4.69, 9.17) is 0 Å². The number of carbonyl (C=O) groups is 2. The molecule has 0 radical (unpaired) electrons. The van der Waals surface area contributed by atoms with E-state index >= 15 is 0 Å². The summed E-state index contributed by atoms with van der Waals surface area (Å²) in [7, 11) is 0. The largest absolute Gasteiger partial charge is 0.349 e. The molecule has 9 heteroatoms. The summed E-state index contributed by atoms with van der Waals surface area (Å²) in [6.45, 7) is 5.10. The average Bonchev–Trinajstić information content (AvgIpc) is 3.28. The second-order valence-electron chi connectivity index (χ2n) is 6.71. The van der Waals surface area contributed by atoms with Gasteiger partial charge in [-0.05, 0) is 19.8 Å². The molecule has 1 atom stereocenters. The third-order valence-electron chi connectivity index (χ3n) is 4.44. The predicted octanol–water partition coefficient (Wildman–Crippen LogP) is 0.444. The van der Waals surface area contributed by atoms with Gasteiger partial charge in [-0.2, -0.15) is 10.2 Å². The fourth-order valence-electron chi connectivity index (χ4n) is 3.19. The molecule has 3 N–H and O–H groups in total. The number of carbonyl (C=O) groups excluding carboxylic acids is 2. The van der Waals surface area contributed by atoms with E-state index in [9.17, 15) is 9.59 Å². The molecule has 1 aliphatic heterocycles. The predicted molar refractivity (Wildman–Crippen MR) is 89.7 cm³/mol. The Morgan fingerprint density at radius 2 is 2.20 bits per heavy atom. The van der Waals surface area contributed by atoms with Crippen LogP contribution in [0.4, 0.5) is 0 Å². The maximum absolute atomic E-state index is 12.8. The molecule has 0 saturated carbocycles. The van der Waals surface area contributed by atoms with E-state index in [0.29, 0.717) is 30.9 Å². The van der Waals surface area contributed by atoms with Crippen molar-refractivity contribution in [3.05, 3.63) is 29.6 Å². The van der Waals surface area contributed by atoms with Crippen LogP contribution in [-0.4, -0.2) is 60.7 Å². The Morgan fingerprint density at radius 3 is 2.92 bits per heavy atom. The number of likely N-dealkylation sites (tertiary alicyclic amines) is 1. The SMILES string of the molecule is CCCc1[nH]ncc1C(=O)N1CC[C@@](C)(NC(=O)Cc2ncn[nH]2)C1. The molecule has 134 valence electrons. The molecular formula is C16H23N7O2. The molecule has 1 saturated heterocycles. The molecule has 0 aromatic carbocycles. The zero-order chi connectivity index (χ0) is 17.9. The zero-order valence-electron chi connectivity index (χ0n) is 14.5. The first-order valence-corrected chi connectivity index (χ1v) is 8.47. The summed E-state index contributed by atoms with van der Waals surface area (Å²) < 4.78 is 0. The van der Waals surface area contributed by atoms with Crippen molar-refractivity contribution in [2.45, 2.75) is 45.1 Å². The molecule has 3 heterocycles. The lowest BCUT2D eigenvalue weighted by molar-refractivity contribution is -0.122. The van der Waals surface area contributed by atoms with Crippen molar-refractivity contribution in [2.75, 3.05) is 13.1 Å². The summed E-state index contributed by atoms with van der Waals surface area (Å²) in [6.07, 6.45) is 5.55. The monoisotopic (exact) mass is 345 g/mol. The van der Waals surface area contributed by atoms with Gasteiger partial charge in [0.25, 0.3) is 5.91 Å². The van der Waals surface area contributed by atoms with Crippen LogP contribution in [0, 0.1) is 0 Å². The molecule has 0 aliphatic carbocycles. The minimum Gasteiger partial charge on any atom is -0.349 e. The number of hydrogen-bond acceptors (Lipinski definition) is 5. The molecule has 2 amide bonds.